The average Bonchev–Trinajstić information content (AvgIpc) is 2.41. The number of primary amides is 1. The zero-order valence-electron chi connectivity index (χ0n) is 14.4. The fourth-order valence-corrected chi connectivity index (χ4v) is 5.78. The molecule has 3 amide bonds. The molecule has 4 bridgehead atoms. The number of amides is 3. The van der Waals surface area contributed by atoms with Crippen LogP contribution in [0.15, 0.2) is 0 Å². The molecule has 0 spiro atoms. The van der Waals surface area contributed by atoms with Crippen molar-refractivity contribution in [2.45, 2.75) is 64.8 Å². The molecular formula is C18H31N3O2. The Morgan fingerprint density at radius 2 is 1.61 bits per heavy atom. The van der Waals surface area contributed by atoms with E-state index in [2.05, 4.69) is 10.6 Å². The molecule has 0 aromatic carbocycles. The Kier molecular flexibility index (Phi) is 4.56. The van der Waals surface area contributed by atoms with E-state index in [0.717, 1.165) is 24.3 Å². The lowest BCUT2D eigenvalue weighted by Gasteiger charge is -2.57. The topological polar surface area (TPSA) is 84.2 Å². The van der Waals surface area contributed by atoms with Crippen LogP contribution in [0.5, 0.6) is 0 Å². The van der Waals surface area contributed by atoms with Crippen molar-refractivity contribution in [3.63, 3.8) is 0 Å². The lowest BCUT2D eigenvalue weighted by molar-refractivity contribution is -0.125. The van der Waals surface area contributed by atoms with Gasteiger partial charge in [0, 0.05) is 6.54 Å². The molecule has 4 N–H and O–H groups in total. The predicted molar refractivity (Wildman–Crippen MR) is 89.6 cm³/mol. The summed E-state index contributed by atoms with van der Waals surface area (Å²) in [6.45, 7) is 4.86. The molecule has 130 valence electrons. The molecule has 4 rings (SSSR count). The van der Waals surface area contributed by atoms with E-state index in [9.17, 15) is 9.59 Å². The van der Waals surface area contributed by atoms with Crippen LogP contribution in [0.3, 0.4) is 0 Å². The lowest BCUT2D eigenvalue weighted by atomic mass is 9.49. The number of rotatable bonds is 6. The SMILES string of the molecule is CC(C)C[C@@H](NC(N)=O)C(=O)NCC12CC3CC(CC(C3)C1)C2. The molecule has 0 saturated heterocycles. The summed E-state index contributed by atoms with van der Waals surface area (Å²) in [6, 6.07) is -1.14. The Morgan fingerprint density at radius 3 is 2.04 bits per heavy atom. The quantitative estimate of drug-likeness (QED) is 0.702. The molecule has 4 fully saturated rings. The van der Waals surface area contributed by atoms with Crippen molar-refractivity contribution in [2.24, 2.45) is 34.8 Å². The van der Waals surface area contributed by atoms with E-state index in [1.165, 1.54) is 38.5 Å². The van der Waals surface area contributed by atoms with Gasteiger partial charge in [-0.2, -0.15) is 0 Å². The number of carbonyl (C=O) groups excluding carboxylic acids is 2. The first kappa shape index (κ1) is 16.6. The second-order valence-corrected chi connectivity index (χ2v) is 8.83. The second kappa shape index (κ2) is 6.33. The maximum atomic E-state index is 12.5. The summed E-state index contributed by atoms with van der Waals surface area (Å²) in [5.74, 6) is 2.90. The van der Waals surface area contributed by atoms with Gasteiger partial charge in [-0.25, -0.2) is 4.79 Å². The number of carbonyl (C=O) groups is 2. The third-order valence-corrected chi connectivity index (χ3v) is 6.14. The lowest BCUT2D eigenvalue weighted by Crippen LogP contribution is -2.54. The monoisotopic (exact) mass is 321 g/mol. The van der Waals surface area contributed by atoms with Gasteiger partial charge < -0.3 is 16.4 Å². The largest absolute Gasteiger partial charge is 0.354 e. The van der Waals surface area contributed by atoms with Gasteiger partial charge in [0.05, 0.1) is 0 Å². The highest BCUT2D eigenvalue weighted by atomic mass is 16.2. The van der Waals surface area contributed by atoms with Gasteiger partial charge in [-0.3, -0.25) is 4.79 Å². The van der Waals surface area contributed by atoms with Crippen molar-refractivity contribution in [3.8, 4) is 0 Å². The highest BCUT2D eigenvalue weighted by Crippen LogP contribution is 2.59. The molecule has 23 heavy (non-hydrogen) atoms. The summed E-state index contributed by atoms with van der Waals surface area (Å²) in [4.78, 5) is 23.7. The highest BCUT2D eigenvalue weighted by Gasteiger charge is 2.50. The molecule has 0 aromatic heterocycles. The smallest absolute Gasteiger partial charge is 0.312 e. The fourth-order valence-electron chi connectivity index (χ4n) is 5.78. The third kappa shape index (κ3) is 3.81. The Balaban J connectivity index is 1.58. The molecule has 4 aliphatic rings. The van der Waals surface area contributed by atoms with Crippen LogP contribution >= 0.6 is 0 Å². The molecule has 0 unspecified atom stereocenters. The summed E-state index contributed by atoms with van der Waals surface area (Å²) in [5.41, 5.74) is 5.54. The molecule has 0 aromatic rings. The minimum atomic E-state index is -0.624. The van der Waals surface area contributed by atoms with E-state index in [1.807, 2.05) is 13.8 Å². The molecule has 4 aliphatic carbocycles. The van der Waals surface area contributed by atoms with Crippen LogP contribution in [0.25, 0.3) is 0 Å². The van der Waals surface area contributed by atoms with E-state index < -0.39 is 12.1 Å². The molecule has 0 aliphatic heterocycles. The summed E-state index contributed by atoms with van der Waals surface area (Å²) in [6.07, 6.45) is 8.67. The summed E-state index contributed by atoms with van der Waals surface area (Å²) >= 11 is 0. The number of nitrogens with two attached hydrogens (primary N) is 1. The number of hydrogen-bond donors (Lipinski definition) is 3. The van der Waals surface area contributed by atoms with Crippen molar-refractivity contribution >= 4 is 11.9 Å². The van der Waals surface area contributed by atoms with E-state index in [1.54, 1.807) is 0 Å². The van der Waals surface area contributed by atoms with Gasteiger partial charge in [0.25, 0.3) is 0 Å². The van der Waals surface area contributed by atoms with Crippen LogP contribution in [0, 0.1) is 29.1 Å². The van der Waals surface area contributed by atoms with Gasteiger partial charge in [0.15, 0.2) is 0 Å². The summed E-state index contributed by atoms with van der Waals surface area (Å²) in [7, 11) is 0. The Labute approximate surface area is 139 Å². The van der Waals surface area contributed by atoms with Gasteiger partial charge in [-0.05, 0) is 74.0 Å². The Hall–Kier alpha value is -1.26. The molecule has 5 nitrogen and oxygen atoms in total. The van der Waals surface area contributed by atoms with Crippen molar-refractivity contribution in [3.05, 3.63) is 0 Å². The molecule has 0 heterocycles. The summed E-state index contributed by atoms with van der Waals surface area (Å²) < 4.78 is 0. The van der Waals surface area contributed by atoms with Crippen molar-refractivity contribution in [2.75, 3.05) is 6.54 Å². The van der Waals surface area contributed by atoms with Crippen LogP contribution < -0.4 is 16.4 Å². The first-order chi connectivity index (χ1) is 10.8. The molecule has 4 saturated carbocycles. The normalized spacial score (nSPS) is 36.0. The zero-order valence-corrected chi connectivity index (χ0v) is 14.4. The second-order valence-electron chi connectivity index (χ2n) is 8.83. The van der Waals surface area contributed by atoms with Crippen LogP contribution in [0.1, 0.15) is 58.8 Å². The minimum Gasteiger partial charge on any atom is -0.354 e. The first-order valence-corrected chi connectivity index (χ1v) is 9.19. The van der Waals surface area contributed by atoms with Crippen LogP contribution in [-0.4, -0.2) is 24.5 Å². The average molecular weight is 321 g/mol. The molecular weight excluding hydrogens is 290 g/mol. The zero-order chi connectivity index (χ0) is 16.6. The van der Waals surface area contributed by atoms with Crippen molar-refractivity contribution < 1.29 is 9.59 Å². The Morgan fingerprint density at radius 1 is 1.09 bits per heavy atom. The van der Waals surface area contributed by atoms with Crippen LogP contribution in [0.4, 0.5) is 4.79 Å². The number of nitrogens with one attached hydrogen (secondary N) is 2. The maximum absolute atomic E-state index is 12.5. The summed E-state index contributed by atoms with van der Waals surface area (Å²) in [5, 5.41) is 5.74. The van der Waals surface area contributed by atoms with Gasteiger partial charge in [-0.1, -0.05) is 13.8 Å². The van der Waals surface area contributed by atoms with Crippen molar-refractivity contribution in [1.29, 1.82) is 0 Å². The van der Waals surface area contributed by atoms with Crippen LogP contribution in [-0.2, 0) is 4.79 Å². The first-order valence-electron chi connectivity index (χ1n) is 9.19. The van der Waals surface area contributed by atoms with E-state index >= 15 is 0 Å². The van der Waals surface area contributed by atoms with Gasteiger partial charge in [-0.15, -0.1) is 0 Å². The minimum absolute atomic E-state index is 0.0757. The maximum Gasteiger partial charge on any atom is 0.312 e. The predicted octanol–water partition coefficient (Wildman–Crippen LogP) is 2.40. The number of hydrogen-bond acceptors (Lipinski definition) is 2. The van der Waals surface area contributed by atoms with Crippen molar-refractivity contribution in [1.82, 2.24) is 10.6 Å². The fraction of sp³-hybridized carbons (Fsp3) is 0.889. The molecule has 5 heteroatoms. The van der Waals surface area contributed by atoms with Gasteiger partial charge in [0.2, 0.25) is 5.91 Å². The standard InChI is InChI=1S/C18H31N3O2/c1-11(2)3-15(21-17(19)23)16(22)20-10-18-7-12-4-13(8-18)6-14(5-12)9-18/h11-15H,3-10H2,1-2H3,(H,20,22)(H3,19,21,23)/t12?,13?,14?,15-,18?/m1/s1. The van der Waals surface area contributed by atoms with Crippen LogP contribution in [0.2, 0.25) is 0 Å². The molecule has 1 atom stereocenters. The third-order valence-electron chi connectivity index (χ3n) is 6.14. The Bertz CT molecular complexity index is 440. The van der Waals surface area contributed by atoms with E-state index in [-0.39, 0.29) is 5.91 Å². The van der Waals surface area contributed by atoms with E-state index in [0.29, 0.717) is 17.8 Å². The van der Waals surface area contributed by atoms with Gasteiger partial charge >= 0.3 is 6.03 Å². The number of urea groups is 1. The van der Waals surface area contributed by atoms with E-state index in [4.69, 9.17) is 5.73 Å². The van der Waals surface area contributed by atoms with Gasteiger partial charge in [0.1, 0.15) is 6.04 Å². The molecule has 0 radical (unpaired) electrons. The highest BCUT2D eigenvalue weighted by molar-refractivity contribution is 5.86.